The highest BCUT2D eigenvalue weighted by molar-refractivity contribution is 5.79. The van der Waals surface area contributed by atoms with E-state index < -0.39 is 0 Å². The van der Waals surface area contributed by atoms with Gasteiger partial charge in [-0.15, -0.1) is 10.2 Å². The van der Waals surface area contributed by atoms with Crippen molar-refractivity contribution in [2.45, 2.75) is 39.3 Å². The maximum absolute atomic E-state index is 13.0. The van der Waals surface area contributed by atoms with Gasteiger partial charge in [-0.25, -0.2) is 4.98 Å². The predicted octanol–water partition coefficient (Wildman–Crippen LogP) is 1.49. The van der Waals surface area contributed by atoms with Crippen molar-refractivity contribution in [2.24, 2.45) is 5.92 Å². The average Bonchev–Trinajstić information content (AvgIpc) is 3.10. The smallest absolute Gasteiger partial charge is 0.227 e. The molecule has 1 atom stereocenters. The molecule has 0 bridgehead atoms. The Morgan fingerprint density at radius 1 is 1.24 bits per heavy atom. The number of aromatic nitrogens is 4. The van der Waals surface area contributed by atoms with Crippen molar-refractivity contribution >= 4 is 11.7 Å². The number of hydrogen-bond donors (Lipinski definition) is 0. The first kappa shape index (κ1) is 16.1. The van der Waals surface area contributed by atoms with Gasteiger partial charge in [0.15, 0.2) is 5.82 Å². The van der Waals surface area contributed by atoms with Gasteiger partial charge >= 0.3 is 0 Å². The molecule has 1 amide bonds. The highest BCUT2D eigenvalue weighted by Crippen LogP contribution is 2.24. The summed E-state index contributed by atoms with van der Waals surface area (Å²) >= 11 is 0. The van der Waals surface area contributed by atoms with Crippen LogP contribution < -0.4 is 4.90 Å². The maximum atomic E-state index is 13.0. The lowest BCUT2D eigenvalue weighted by Gasteiger charge is -2.36. The number of fused-ring (bicyclic) bond motifs is 1. The number of amides is 1. The Hall–Kier alpha value is -2.44. The summed E-state index contributed by atoms with van der Waals surface area (Å²) in [6.07, 6.45) is 4.66. The Morgan fingerprint density at radius 3 is 2.96 bits per heavy atom. The first-order chi connectivity index (χ1) is 12.3. The molecular weight excluding hydrogens is 316 g/mol. The fourth-order valence-corrected chi connectivity index (χ4v) is 3.85. The van der Waals surface area contributed by atoms with Gasteiger partial charge < -0.3 is 14.4 Å². The summed E-state index contributed by atoms with van der Waals surface area (Å²) in [5.74, 6) is 3.17. The van der Waals surface area contributed by atoms with Crippen LogP contribution in [0.25, 0.3) is 0 Å². The molecule has 4 rings (SSSR count). The van der Waals surface area contributed by atoms with Crippen LogP contribution in [0, 0.1) is 5.92 Å². The normalized spacial score (nSPS) is 20.4. The number of piperidine rings is 1. The number of carbonyl (C=O) groups is 1. The lowest BCUT2D eigenvalue weighted by molar-refractivity contribution is -0.137. The summed E-state index contributed by atoms with van der Waals surface area (Å²) in [6, 6.07) is 5.93. The molecule has 132 valence electrons. The quantitative estimate of drug-likeness (QED) is 0.847. The van der Waals surface area contributed by atoms with Crippen molar-refractivity contribution in [3.63, 3.8) is 0 Å². The van der Waals surface area contributed by atoms with Crippen molar-refractivity contribution in [1.29, 1.82) is 0 Å². The molecule has 0 radical (unpaired) electrons. The Balaban J connectivity index is 1.44. The van der Waals surface area contributed by atoms with Crippen molar-refractivity contribution in [2.75, 3.05) is 24.5 Å². The number of nitrogens with zero attached hydrogens (tertiary/aromatic N) is 6. The van der Waals surface area contributed by atoms with E-state index in [9.17, 15) is 4.79 Å². The van der Waals surface area contributed by atoms with Crippen molar-refractivity contribution in [3.05, 3.63) is 36.0 Å². The van der Waals surface area contributed by atoms with Crippen molar-refractivity contribution in [3.8, 4) is 0 Å². The molecule has 0 N–H and O–H groups in total. The molecule has 25 heavy (non-hydrogen) atoms. The van der Waals surface area contributed by atoms with Crippen LogP contribution in [-0.2, 0) is 24.3 Å². The minimum Gasteiger partial charge on any atom is -0.356 e. The third-order valence-corrected chi connectivity index (χ3v) is 5.20. The number of pyridine rings is 1. The van der Waals surface area contributed by atoms with E-state index in [1.165, 1.54) is 0 Å². The molecule has 2 aromatic heterocycles. The number of aryl methyl sites for hydroxylation is 1. The van der Waals surface area contributed by atoms with Gasteiger partial charge in [0.25, 0.3) is 0 Å². The zero-order valence-corrected chi connectivity index (χ0v) is 14.6. The SMILES string of the molecule is CCc1nnc2n1CCN(C(=O)[C@@H]1CCCN(c3ccccn3)C1)C2. The Bertz CT molecular complexity index is 743. The average molecular weight is 340 g/mol. The Kier molecular flexibility index (Phi) is 4.38. The van der Waals surface area contributed by atoms with Crippen LogP contribution in [0.3, 0.4) is 0 Å². The van der Waals surface area contributed by atoms with E-state index >= 15 is 0 Å². The lowest BCUT2D eigenvalue weighted by atomic mass is 9.96. The molecule has 0 aromatic carbocycles. The lowest BCUT2D eigenvalue weighted by Crippen LogP contribution is -2.47. The summed E-state index contributed by atoms with van der Waals surface area (Å²) in [7, 11) is 0. The number of rotatable bonds is 3. The molecule has 0 spiro atoms. The molecule has 2 aromatic rings. The Morgan fingerprint density at radius 2 is 2.16 bits per heavy atom. The van der Waals surface area contributed by atoms with Crippen LogP contribution in [0.1, 0.15) is 31.4 Å². The van der Waals surface area contributed by atoms with Gasteiger partial charge in [0, 0.05) is 38.8 Å². The van der Waals surface area contributed by atoms with E-state index in [1.54, 1.807) is 0 Å². The fourth-order valence-electron chi connectivity index (χ4n) is 3.85. The molecule has 0 aliphatic carbocycles. The second-order valence-corrected chi connectivity index (χ2v) is 6.77. The van der Waals surface area contributed by atoms with Gasteiger partial charge in [0.2, 0.25) is 5.91 Å². The predicted molar refractivity (Wildman–Crippen MR) is 94.0 cm³/mol. The number of anilines is 1. The molecule has 2 aliphatic rings. The van der Waals surface area contributed by atoms with Gasteiger partial charge in [-0.3, -0.25) is 4.79 Å². The van der Waals surface area contributed by atoms with E-state index in [0.29, 0.717) is 6.54 Å². The van der Waals surface area contributed by atoms with Crippen LogP contribution in [0.5, 0.6) is 0 Å². The zero-order valence-electron chi connectivity index (χ0n) is 14.6. The van der Waals surface area contributed by atoms with Gasteiger partial charge in [-0.05, 0) is 25.0 Å². The topological polar surface area (TPSA) is 67.2 Å². The molecule has 1 fully saturated rings. The first-order valence-corrected chi connectivity index (χ1v) is 9.12. The largest absolute Gasteiger partial charge is 0.356 e. The number of hydrogen-bond acceptors (Lipinski definition) is 5. The van der Waals surface area contributed by atoms with Crippen LogP contribution in [0.4, 0.5) is 5.82 Å². The van der Waals surface area contributed by atoms with E-state index in [0.717, 1.165) is 62.9 Å². The highest BCUT2D eigenvalue weighted by Gasteiger charge is 2.32. The third-order valence-electron chi connectivity index (χ3n) is 5.20. The zero-order chi connectivity index (χ0) is 17.2. The first-order valence-electron chi connectivity index (χ1n) is 9.12. The summed E-state index contributed by atoms with van der Waals surface area (Å²) in [6.45, 7) is 5.92. The third kappa shape index (κ3) is 3.10. The van der Waals surface area contributed by atoms with E-state index in [2.05, 4.69) is 31.6 Å². The van der Waals surface area contributed by atoms with Gasteiger partial charge in [0.05, 0.1) is 12.5 Å². The van der Waals surface area contributed by atoms with Crippen LogP contribution in [0.2, 0.25) is 0 Å². The minimum absolute atomic E-state index is 0.0378. The van der Waals surface area contributed by atoms with Gasteiger partial charge in [0.1, 0.15) is 11.6 Å². The van der Waals surface area contributed by atoms with Crippen molar-refractivity contribution < 1.29 is 4.79 Å². The molecule has 7 heteroatoms. The molecule has 0 saturated carbocycles. The van der Waals surface area contributed by atoms with Crippen molar-refractivity contribution in [1.82, 2.24) is 24.6 Å². The van der Waals surface area contributed by atoms with Gasteiger partial charge in [-0.2, -0.15) is 0 Å². The van der Waals surface area contributed by atoms with E-state index in [1.807, 2.05) is 29.3 Å². The van der Waals surface area contributed by atoms with E-state index in [4.69, 9.17) is 0 Å². The summed E-state index contributed by atoms with van der Waals surface area (Å²) in [5, 5.41) is 8.50. The molecule has 7 nitrogen and oxygen atoms in total. The minimum atomic E-state index is 0.0378. The monoisotopic (exact) mass is 340 g/mol. The second kappa shape index (κ2) is 6.82. The fraction of sp³-hybridized carbons (Fsp3) is 0.556. The maximum Gasteiger partial charge on any atom is 0.227 e. The number of carbonyl (C=O) groups excluding carboxylic acids is 1. The molecule has 2 aliphatic heterocycles. The van der Waals surface area contributed by atoms with Crippen LogP contribution in [0.15, 0.2) is 24.4 Å². The van der Waals surface area contributed by atoms with Crippen LogP contribution in [-0.4, -0.2) is 50.2 Å². The summed E-state index contributed by atoms with van der Waals surface area (Å²) in [5.41, 5.74) is 0. The molecule has 4 heterocycles. The second-order valence-electron chi connectivity index (χ2n) is 6.77. The van der Waals surface area contributed by atoms with Crippen LogP contribution >= 0.6 is 0 Å². The molecule has 1 saturated heterocycles. The summed E-state index contributed by atoms with van der Waals surface area (Å²) < 4.78 is 2.16. The van der Waals surface area contributed by atoms with Gasteiger partial charge in [-0.1, -0.05) is 13.0 Å². The molecular formula is C18H24N6O. The van der Waals surface area contributed by atoms with E-state index in [-0.39, 0.29) is 11.8 Å². The highest BCUT2D eigenvalue weighted by atomic mass is 16.2. The molecule has 0 unspecified atom stereocenters. The Labute approximate surface area is 147 Å². The standard InChI is InChI=1S/C18H24N6O/c1-2-15-20-21-17-13-23(10-11-24(15)17)18(25)14-6-5-9-22(12-14)16-7-3-4-8-19-16/h3-4,7-8,14H,2,5-6,9-13H2,1H3/t14-/m1/s1. The summed E-state index contributed by atoms with van der Waals surface area (Å²) in [4.78, 5) is 21.7.